The standard InChI is InChI=1S/C17H20N2O/c1-4-19(14-8-5-12(2)6-9-14)17(20)15-11-13(3)7-10-16(15)18/h5-11H,4,18H2,1-3H3. The lowest BCUT2D eigenvalue weighted by Crippen LogP contribution is -2.31. The number of hydrogen-bond donors (Lipinski definition) is 1. The molecule has 0 spiro atoms. The van der Waals surface area contributed by atoms with Crippen LogP contribution in [-0.2, 0) is 0 Å². The summed E-state index contributed by atoms with van der Waals surface area (Å²) in [6.45, 7) is 6.55. The molecule has 0 unspecified atom stereocenters. The van der Waals surface area contributed by atoms with Crippen LogP contribution in [0.4, 0.5) is 11.4 Å². The number of carbonyl (C=O) groups excluding carboxylic acids is 1. The van der Waals surface area contributed by atoms with E-state index in [1.54, 1.807) is 11.0 Å². The van der Waals surface area contributed by atoms with Gasteiger partial charge in [0.15, 0.2) is 0 Å². The molecule has 2 aromatic rings. The van der Waals surface area contributed by atoms with Crippen LogP contribution in [0, 0.1) is 13.8 Å². The quantitative estimate of drug-likeness (QED) is 0.865. The number of anilines is 2. The molecule has 0 aromatic heterocycles. The van der Waals surface area contributed by atoms with Gasteiger partial charge in [0.2, 0.25) is 0 Å². The summed E-state index contributed by atoms with van der Waals surface area (Å²) in [5.41, 5.74) is 10.1. The maximum Gasteiger partial charge on any atom is 0.260 e. The van der Waals surface area contributed by atoms with E-state index in [0.717, 1.165) is 11.3 Å². The van der Waals surface area contributed by atoms with Crippen LogP contribution in [0.3, 0.4) is 0 Å². The Hall–Kier alpha value is -2.29. The molecule has 0 saturated heterocycles. The molecule has 0 aliphatic rings. The molecule has 1 amide bonds. The molecule has 0 fully saturated rings. The van der Waals surface area contributed by atoms with Gasteiger partial charge in [-0.2, -0.15) is 0 Å². The molecule has 3 heteroatoms. The minimum atomic E-state index is -0.0578. The van der Waals surface area contributed by atoms with Crippen molar-refractivity contribution in [2.24, 2.45) is 0 Å². The molecule has 0 saturated carbocycles. The van der Waals surface area contributed by atoms with Gasteiger partial charge in [-0.15, -0.1) is 0 Å². The van der Waals surface area contributed by atoms with Crippen LogP contribution in [0.2, 0.25) is 0 Å². The predicted molar refractivity (Wildman–Crippen MR) is 84.1 cm³/mol. The van der Waals surface area contributed by atoms with Gasteiger partial charge in [-0.3, -0.25) is 4.79 Å². The van der Waals surface area contributed by atoms with Gasteiger partial charge in [0.25, 0.3) is 5.91 Å². The summed E-state index contributed by atoms with van der Waals surface area (Å²) in [6.07, 6.45) is 0. The summed E-state index contributed by atoms with van der Waals surface area (Å²) in [7, 11) is 0. The molecule has 0 atom stereocenters. The topological polar surface area (TPSA) is 46.3 Å². The molecule has 104 valence electrons. The lowest BCUT2D eigenvalue weighted by atomic mass is 10.1. The maximum atomic E-state index is 12.7. The van der Waals surface area contributed by atoms with Gasteiger partial charge in [0.1, 0.15) is 0 Å². The van der Waals surface area contributed by atoms with Crippen molar-refractivity contribution in [1.82, 2.24) is 0 Å². The highest BCUT2D eigenvalue weighted by molar-refractivity contribution is 6.09. The molecule has 2 aromatic carbocycles. The Bertz CT molecular complexity index is 617. The SMILES string of the molecule is CCN(C(=O)c1cc(C)ccc1N)c1ccc(C)cc1. The summed E-state index contributed by atoms with van der Waals surface area (Å²) < 4.78 is 0. The molecule has 20 heavy (non-hydrogen) atoms. The highest BCUT2D eigenvalue weighted by atomic mass is 16.2. The minimum absolute atomic E-state index is 0.0578. The third-order valence-corrected chi connectivity index (χ3v) is 3.35. The lowest BCUT2D eigenvalue weighted by Gasteiger charge is -2.22. The Kier molecular flexibility index (Phi) is 4.08. The Morgan fingerprint density at radius 3 is 2.25 bits per heavy atom. The first kappa shape index (κ1) is 14.1. The van der Waals surface area contributed by atoms with Gasteiger partial charge >= 0.3 is 0 Å². The number of amides is 1. The normalized spacial score (nSPS) is 10.3. The van der Waals surface area contributed by atoms with E-state index in [4.69, 9.17) is 5.73 Å². The molecule has 2 N–H and O–H groups in total. The predicted octanol–water partition coefficient (Wildman–Crippen LogP) is 3.55. The number of nitrogen functional groups attached to an aromatic ring is 1. The van der Waals surface area contributed by atoms with E-state index in [2.05, 4.69) is 0 Å². The van der Waals surface area contributed by atoms with Crippen LogP contribution in [0.15, 0.2) is 42.5 Å². The Morgan fingerprint density at radius 2 is 1.65 bits per heavy atom. The second-order valence-electron chi connectivity index (χ2n) is 4.98. The summed E-state index contributed by atoms with van der Waals surface area (Å²) >= 11 is 0. The summed E-state index contributed by atoms with van der Waals surface area (Å²) in [6, 6.07) is 13.5. The highest BCUT2D eigenvalue weighted by Crippen LogP contribution is 2.21. The van der Waals surface area contributed by atoms with Crippen LogP contribution in [-0.4, -0.2) is 12.5 Å². The molecule has 0 aliphatic heterocycles. The number of nitrogens with two attached hydrogens (primary N) is 1. The van der Waals surface area contributed by atoms with E-state index >= 15 is 0 Å². The Labute approximate surface area is 120 Å². The Morgan fingerprint density at radius 1 is 1.05 bits per heavy atom. The zero-order chi connectivity index (χ0) is 14.7. The summed E-state index contributed by atoms with van der Waals surface area (Å²) in [4.78, 5) is 14.4. The first-order chi connectivity index (χ1) is 9.52. The molecule has 0 radical (unpaired) electrons. The highest BCUT2D eigenvalue weighted by Gasteiger charge is 2.18. The molecule has 0 bridgehead atoms. The van der Waals surface area contributed by atoms with Crippen LogP contribution >= 0.6 is 0 Å². The number of rotatable bonds is 3. The first-order valence-corrected chi connectivity index (χ1v) is 6.77. The smallest absolute Gasteiger partial charge is 0.260 e. The van der Waals surface area contributed by atoms with Gasteiger partial charge < -0.3 is 10.6 Å². The van der Waals surface area contributed by atoms with Gasteiger partial charge in [-0.25, -0.2) is 0 Å². The van der Waals surface area contributed by atoms with Crippen molar-refractivity contribution in [1.29, 1.82) is 0 Å². The summed E-state index contributed by atoms with van der Waals surface area (Å²) in [5, 5.41) is 0. The van der Waals surface area contributed by atoms with Crippen molar-refractivity contribution in [3.05, 3.63) is 59.2 Å². The van der Waals surface area contributed by atoms with E-state index in [1.807, 2.05) is 57.2 Å². The number of carbonyl (C=O) groups is 1. The lowest BCUT2D eigenvalue weighted by molar-refractivity contribution is 0.0989. The van der Waals surface area contributed by atoms with E-state index in [0.29, 0.717) is 17.8 Å². The second kappa shape index (κ2) is 5.78. The zero-order valence-electron chi connectivity index (χ0n) is 12.2. The monoisotopic (exact) mass is 268 g/mol. The fourth-order valence-corrected chi connectivity index (χ4v) is 2.17. The van der Waals surface area contributed by atoms with Gasteiger partial charge in [-0.05, 0) is 45.0 Å². The minimum Gasteiger partial charge on any atom is -0.398 e. The van der Waals surface area contributed by atoms with Crippen LogP contribution in [0.25, 0.3) is 0 Å². The molecule has 0 heterocycles. The first-order valence-electron chi connectivity index (χ1n) is 6.77. The third-order valence-electron chi connectivity index (χ3n) is 3.35. The Balaban J connectivity index is 2.38. The average Bonchev–Trinajstić information content (AvgIpc) is 2.44. The fraction of sp³-hybridized carbons (Fsp3) is 0.235. The average molecular weight is 268 g/mol. The maximum absolute atomic E-state index is 12.7. The van der Waals surface area contributed by atoms with Gasteiger partial charge in [0.05, 0.1) is 5.56 Å². The molecular weight excluding hydrogens is 248 g/mol. The number of benzene rings is 2. The van der Waals surface area contributed by atoms with Crippen molar-refractivity contribution in [2.45, 2.75) is 20.8 Å². The van der Waals surface area contributed by atoms with E-state index < -0.39 is 0 Å². The zero-order valence-corrected chi connectivity index (χ0v) is 12.2. The van der Waals surface area contributed by atoms with Crippen LogP contribution < -0.4 is 10.6 Å². The van der Waals surface area contributed by atoms with Crippen molar-refractivity contribution in [2.75, 3.05) is 17.2 Å². The molecule has 0 aliphatic carbocycles. The van der Waals surface area contributed by atoms with Crippen LogP contribution in [0.5, 0.6) is 0 Å². The van der Waals surface area contributed by atoms with Crippen molar-refractivity contribution in [3.63, 3.8) is 0 Å². The fourth-order valence-electron chi connectivity index (χ4n) is 2.17. The molecular formula is C17H20N2O. The van der Waals surface area contributed by atoms with Crippen molar-refractivity contribution < 1.29 is 4.79 Å². The largest absolute Gasteiger partial charge is 0.398 e. The van der Waals surface area contributed by atoms with Crippen molar-refractivity contribution in [3.8, 4) is 0 Å². The number of hydrogen-bond acceptors (Lipinski definition) is 2. The number of nitrogens with zero attached hydrogens (tertiary/aromatic N) is 1. The summed E-state index contributed by atoms with van der Waals surface area (Å²) in [5.74, 6) is -0.0578. The number of aryl methyl sites for hydroxylation is 2. The van der Waals surface area contributed by atoms with Gasteiger partial charge in [-0.1, -0.05) is 29.3 Å². The van der Waals surface area contributed by atoms with Crippen LogP contribution in [0.1, 0.15) is 28.4 Å². The second-order valence-corrected chi connectivity index (χ2v) is 4.98. The van der Waals surface area contributed by atoms with Crippen molar-refractivity contribution >= 4 is 17.3 Å². The van der Waals surface area contributed by atoms with Gasteiger partial charge in [0, 0.05) is 17.9 Å². The molecule has 2 rings (SSSR count). The van der Waals surface area contributed by atoms with E-state index in [-0.39, 0.29) is 5.91 Å². The molecule has 3 nitrogen and oxygen atoms in total. The van der Waals surface area contributed by atoms with E-state index in [9.17, 15) is 4.79 Å². The van der Waals surface area contributed by atoms with E-state index in [1.165, 1.54) is 5.56 Å². The third kappa shape index (κ3) is 2.82.